The Morgan fingerprint density at radius 2 is 2.00 bits per heavy atom. The van der Waals surface area contributed by atoms with Crippen molar-refractivity contribution in [3.05, 3.63) is 53.2 Å². The first-order valence-electron chi connectivity index (χ1n) is 11.2. The summed E-state index contributed by atoms with van der Waals surface area (Å²) in [5.41, 5.74) is 1.64. The van der Waals surface area contributed by atoms with Crippen LogP contribution >= 0.6 is 0 Å². The zero-order chi connectivity index (χ0) is 24.8. The number of aromatic nitrogens is 1. The molecular weight excluding hydrogens is 434 g/mol. The van der Waals surface area contributed by atoms with E-state index >= 15 is 0 Å². The molecule has 180 valence electrons. The van der Waals surface area contributed by atoms with Gasteiger partial charge in [-0.3, -0.25) is 9.59 Å². The number of ether oxygens (including phenoxy) is 2. The zero-order valence-corrected chi connectivity index (χ0v) is 20.2. The number of nitrogens with zero attached hydrogens (tertiary/aromatic N) is 3. The van der Waals surface area contributed by atoms with E-state index in [1.54, 1.807) is 43.1 Å². The summed E-state index contributed by atoms with van der Waals surface area (Å²) in [7, 11) is 3.32. The Labute approximate surface area is 200 Å². The number of hydrogen-bond donors (Lipinski definition) is 1. The van der Waals surface area contributed by atoms with E-state index in [-0.39, 0.29) is 47.9 Å². The van der Waals surface area contributed by atoms with Gasteiger partial charge in [0.1, 0.15) is 17.4 Å². The van der Waals surface area contributed by atoms with Crippen molar-refractivity contribution in [2.24, 2.45) is 5.92 Å². The fourth-order valence-corrected chi connectivity index (χ4v) is 3.61. The van der Waals surface area contributed by atoms with Gasteiger partial charge in [0.25, 0.3) is 5.91 Å². The SMILES string of the molecule is COc1ccc(C#Cc2cnc3c(c2)C(=O)N([C@@H](C)CO)C[C@H](C)[C@@H](CN(C)C(C)=O)O3)cc1. The van der Waals surface area contributed by atoms with Crippen molar-refractivity contribution in [1.29, 1.82) is 0 Å². The molecule has 0 radical (unpaired) electrons. The molecule has 34 heavy (non-hydrogen) atoms. The van der Waals surface area contributed by atoms with Crippen LogP contribution in [0.15, 0.2) is 36.5 Å². The Hall–Kier alpha value is -3.57. The van der Waals surface area contributed by atoms with Gasteiger partial charge in [0.15, 0.2) is 0 Å². The summed E-state index contributed by atoms with van der Waals surface area (Å²) >= 11 is 0. The topological polar surface area (TPSA) is 92.2 Å². The Morgan fingerprint density at radius 3 is 2.62 bits per heavy atom. The van der Waals surface area contributed by atoms with Crippen LogP contribution in [0.5, 0.6) is 11.6 Å². The number of aliphatic hydroxyl groups excluding tert-OH is 1. The molecule has 2 amide bonds. The molecule has 0 fully saturated rings. The number of benzene rings is 1. The molecule has 1 N–H and O–H groups in total. The van der Waals surface area contributed by atoms with Gasteiger partial charge >= 0.3 is 0 Å². The first-order chi connectivity index (χ1) is 16.2. The highest BCUT2D eigenvalue weighted by molar-refractivity contribution is 5.97. The maximum absolute atomic E-state index is 13.4. The standard InChI is InChI=1S/C26H31N3O5/c1-17-14-29(18(2)16-30)26(32)23-12-21(7-6-20-8-10-22(33-5)11-9-20)13-27-25(23)34-24(17)15-28(4)19(3)31/h8-13,17-18,24,30H,14-16H2,1-5H3/t17-,18-,24+/m0/s1. The summed E-state index contributed by atoms with van der Waals surface area (Å²) in [6.45, 7) is 5.81. The normalized spacial score (nSPS) is 18.4. The minimum Gasteiger partial charge on any atom is -0.497 e. The second-order valence-corrected chi connectivity index (χ2v) is 8.58. The van der Waals surface area contributed by atoms with E-state index in [2.05, 4.69) is 16.8 Å². The summed E-state index contributed by atoms with van der Waals surface area (Å²) < 4.78 is 11.3. The van der Waals surface area contributed by atoms with Crippen molar-refractivity contribution in [3.8, 4) is 23.5 Å². The van der Waals surface area contributed by atoms with Gasteiger partial charge in [-0.2, -0.15) is 0 Å². The second-order valence-electron chi connectivity index (χ2n) is 8.58. The Bertz CT molecular complexity index is 1090. The number of likely N-dealkylation sites (N-methyl/N-ethyl adjacent to an activating group) is 1. The lowest BCUT2D eigenvalue weighted by molar-refractivity contribution is -0.129. The van der Waals surface area contributed by atoms with Crippen LogP contribution in [0.25, 0.3) is 0 Å². The first kappa shape index (κ1) is 25.1. The molecule has 1 aromatic heterocycles. The van der Waals surface area contributed by atoms with Crippen LogP contribution in [-0.2, 0) is 4.79 Å². The number of amides is 2. The van der Waals surface area contributed by atoms with Gasteiger partial charge in [0.05, 0.1) is 26.3 Å². The molecule has 0 unspecified atom stereocenters. The Kier molecular flexibility index (Phi) is 8.13. The average Bonchev–Trinajstić information content (AvgIpc) is 2.84. The first-order valence-corrected chi connectivity index (χ1v) is 11.2. The number of aliphatic hydroxyl groups is 1. The number of carbonyl (C=O) groups is 2. The van der Waals surface area contributed by atoms with E-state index in [0.717, 1.165) is 11.3 Å². The molecule has 0 saturated carbocycles. The van der Waals surface area contributed by atoms with Gasteiger partial charge in [-0.25, -0.2) is 4.98 Å². The molecular formula is C26H31N3O5. The summed E-state index contributed by atoms with van der Waals surface area (Å²) in [6.07, 6.45) is 1.19. The lowest BCUT2D eigenvalue weighted by Crippen LogP contribution is -2.50. The predicted octanol–water partition coefficient (Wildman–Crippen LogP) is 2.19. The van der Waals surface area contributed by atoms with Crippen molar-refractivity contribution in [2.75, 3.05) is 33.9 Å². The van der Waals surface area contributed by atoms with Crippen LogP contribution in [0, 0.1) is 17.8 Å². The molecule has 0 spiro atoms. The third-order valence-electron chi connectivity index (χ3n) is 5.95. The number of fused-ring (bicyclic) bond motifs is 1. The van der Waals surface area contributed by atoms with E-state index < -0.39 is 0 Å². The molecule has 0 bridgehead atoms. The van der Waals surface area contributed by atoms with Gasteiger partial charge in [-0.05, 0) is 37.3 Å². The number of hydrogen-bond acceptors (Lipinski definition) is 6. The summed E-state index contributed by atoms with van der Waals surface area (Å²) in [5, 5.41) is 9.76. The molecule has 0 saturated heterocycles. The molecule has 2 heterocycles. The van der Waals surface area contributed by atoms with Crippen molar-refractivity contribution in [1.82, 2.24) is 14.8 Å². The highest BCUT2D eigenvalue weighted by atomic mass is 16.5. The molecule has 1 aromatic carbocycles. The minimum atomic E-state index is -0.388. The third-order valence-corrected chi connectivity index (χ3v) is 5.95. The number of methoxy groups -OCH3 is 1. The van der Waals surface area contributed by atoms with E-state index in [1.165, 1.54) is 6.92 Å². The van der Waals surface area contributed by atoms with Gasteiger partial charge in [0.2, 0.25) is 11.8 Å². The van der Waals surface area contributed by atoms with Crippen LogP contribution in [0.3, 0.4) is 0 Å². The molecule has 1 aliphatic heterocycles. The third kappa shape index (κ3) is 5.86. The van der Waals surface area contributed by atoms with Crippen molar-refractivity contribution >= 4 is 11.8 Å². The number of carbonyl (C=O) groups excluding carboxylic acids is 2. The number of pyridine rings is 1. The predicted molar refractivity (Wildman–Crippen MR) is 128 cm³/mol. The van der Waals surface area contributed by atoms with Crippen LogP contribution in [0.4, 0.5) is 0 Å². The van der Waals surface area contributed by atoms with Crippen molar-refractivity contribution in [2.45, 2.75) is 32.9 Å². The molecule has 0 aliphatic carbocycles. The van der Waals surface area contributed by atoms with Gasteiger partial charge in [0, 0.05) is 43.8 Å². The smallest absolute Gasteiger partial charge is 0.259 e. The van der Waals surface area contributed by atoms with Crippen LogP contribution < -0.4 is 9.47 Å². The molecule has 3 atom stereocenters. The molecule has 3 rings (SSSR count). The maximum atomic E-state index is 13.4. The summed E-state index contributed by atoms with van der Waals surface area (Å²) in [4.78, 5) is 32.9. The Balaban J connectivity index is 1.98. The average molecular weight is 466 g/mol. The Morgan fingerprint density at radius 1 is 1.32 bits per heavy atom. The van der Waals surface area contributed by atoms with E-state index in [4.69, 9.17) is 9.47 Å². The molecule has 1 aliphatic rings. The van der Waals surface area contributed by atoms with Crippen molar-refractivity contribution < 1.29 is 24.2 Å². The number of rotatable bonds is 5. The fourth-order valence-electron chi connectivity index (χ4n) is 3.61. The lowest BCUT2D eigenvalue weighted by atomic mass is 10.00. The van der Waals surface area contributed by atoms with E-state index in [9.17, 15) is 14.7 Å². The van der Waals surface area contributed by atoms with E-state index in [1.807, 2.05) is 31.2 Å². The van der Waals surface area contributed by atoms with Gasteiger partial charge in [-0.1, -0.05) is 18.8 Å². The van der Waals surface area contributed by atoms with Gasteiger partial charge < -0.3 is 24.4 Å². The zero-order valence-electron chi connectivity index (χ0n) is 20.2. The van der Waals surface area contributed by atoms with Crippen LogP contribution in [0.2, 0.25) is 0 Å². The van der Waals surface area contributed by atoms with Crippen LogP contribution in [-0.4, -0.2) is 77.7 Å². The quantitative estimate of drug-likeness (QED) is 0.681. The summed E-state index contributed by atoms with van der Waals surface area (Å²) in [5.74, 6) is 6.61. The largest absolute Gasteiger partial charge is 0.497 e. The van der Waals surface area contributed by atoms with Gasteiger partial charge in [-0.15, -0.1) is 0 Å². The van der Waals surface area contributed by atoms with Crippen LogP contribution in [0.1, 0.15) is 42.3 Å². The fraction of sp³-hybridized carbons (Fsp3) is 0.423. The maximum Gasteiger partial charge on any atom is 0.259 e. The minimum absolute atomic E-state index is 0.0770. The molecule has 8 nitrogen and oxygen atoms in total. The highest BCUT2D eigenvalue weighted by Gasteiger charge is 2.34. The monoisotopic (exact) mass is 465 g/mol. The molecule has 8 heteroatoms. The van der Waals surface area contributed by atoms with E-state index in [0.29, 0.717) is 18.7 Å². The summed E-state index contributed by atoms with van der Waals surface area (Å²) in [6, 6.07) is 8.63. The van der Waals surface area contributed by atoms with Crippen molar-refractivity contribution in [3.63, 3.8) is 0 Å². The molecule has 2 aromatic rings. The second kappa shape index (κ2) is 11.0. The lowest BCUT2D eigenvalue weighted by Gasteiger charge is -2.37. The highest BCUT2D eigenvalue weighted by Crippen LogP contribution is 2.27.